The summed E-state index contributed by atoms with van der Waals surface area (Å²) in [5, 5.41) is 0. The monoisotopic (exact) mass is 247 g/mol. The Morgan fingerprint density at radius 1 is 1.22 bits per heavy atom. The highest BCUT2D eigenvalue weighted by Gasteiger charge is 2.41. The molecule has 1 aromatic carbocycles. The zero-order valence-electron chi connectivity index (χ0n) is 11.8. The van der Waals surface area contributed by atoms with Crippen LogP contribution in [0, 0.1) is 0 Å². The predicted molar refractivity (Wildman–Crippen MR) is 71.6 cm³/mol. The Morgan fingerprint density at radius 2 is 1.78 bits per heavy atom. The molecule has 1 saturated heterocycles. The van der Waals surface area contributed by atoms with Gasteiger partial charge in [0.05, 0.1) is 6.54 Å². The molecular weight excluding hydrogens is 226 g/mol. The zero-order chi connectivity index (χ0) is 13.6. The van der Waals surface area contributed by atoms with Crippen LogP contribution >= 0.6 is 0 Å². The lowest BCUT2D eigenvalue weighted by Gasteiger charge is -2.24. The van der Waals surface area contributed by atoms with Gasteiger partial charge < -0.3 is 9.64 Å². The molecule has 3 heteroatoms. The topological polar surface area (TPSA) is 29.5 Å². The molecule has 1 aliphatic heterocycles. The lowest BCUT2D eigenvalue weighted by Crippen LogP contribution is -2.27. The van der Waals surface area contributed by atoms with E-state index in [1.165, 1.54) is 5.56 Å². The summed E-state index contributed by atoms with van der Waals surface area (Å²) >= 11 is 0. The Morgan fingerprint density at radius 3 is 2.17 bits per heavy atom. The van der Waals surface area contributed by atoms with Gasteiger partial charge in [0.2, 0.25) is 0 Å². The number of carbonyl (C=O) groups is 1. The second kappa shape index (κ2) is 4.01. The minimum atomic E-state index is -0.526. The molecule has 1 amide bonds. The van der Waals surface area contributed by atoms with E-state index < -0.39 is 5.60 Å². The molecule has 98 valence electrons. The van der Waals surface area contributed by atoms with Crippen molar-refractivity contribution >= 4 is 6.09 Å². The number of hydrogen-bond acceptors (Lipinski definition) is 2. The highest BCUT2D eigenvalue weighted by Crippen LogP contribution is 2.33. The van der Waals surface area contributed by atoms with Crippen LogP contribution < -0.4 is 0 Å². The van der Waals surface area contributed by atoms with Crippen molar-refractivity contribution in [2.45, 2.75) is 38.7 Å². The van der Waals surface area contributed by atoms with Crippen LogP contribution in [0.2, 0.25) is 0 Å². The molecule has 1 heterocycles. The van der Waals surface area contributed by atoms with E-state index >= 15 is 0 Å². The number of nitrogens with zero attached hydrogens (tertiary/aromatic N) is 1. The summed E-state index contributed by atoms with van der Waals surface area (Å²) in [5.74, 6) is 0. The van der Waals surface area contributed by atoms with E-state index in [0.29, 0.717) is 6.54 Å². The Hall–Kier alpha value is -1.51. The van der Waals surface area contributed by atoms with Crippen molar-refractivity contribution < 1.29 is 9.53 Å². The van der Waals surface area contributed by atoms with Gasteiger partial charge in [-0.15, -0.1) is 0 Å². The molecule has 0 saturated carbocycles. The fourth-order valence-corrected chi connectivity index (χ4v) is 2.29. The quantitative estimate of drug-likeness (QED) is 0.762. The van der Waals surface area contributed by atoms with Gasteiger partial charge in [-0.05, 0) is 23.5 Å². The number of rotatable bonds is 1. The maximum Gasteiger partial charge on any atom is 0.410 e. The van der Waals surface area contributed by atoms with Crippen LogP contribution in [0.25, 0.3) is 0 Å². The molecule has 0 aliphatic carbocycles. The standard InChI is InChI=1S/C15H21NO2/c1-14(2,3)11-6-8-12(9-7-11)15(4)10-16(5)13(17)18-15/h6-9H,10H2,1-5H3. The Labute approximate surface area is 109 Å². The average molecular weight is 247 g/mol. The zero-order valence-corrected chi connectivity index (χ0v) is 11.8. The molecule has 1 aliphatic rings. The summed E-state index contributed by atoms with van der Waals surface area (Å²) in [6.45, 7) is 9.12. The highest BCUT2D eigenvalue weighted by atomic mass is 16.6. The molecule has 2 rings (SSSR count). The number of hydrogen-bond donors (Lipinski definition) is 0. The van der Waals surface area contributed by atoms with E-state index in [0.717, 1.165) is 5.56 Å². The van der Waals surface area contributed by atoms with Crippen molar-refractivity contribution in [2.24, 2.45) is 0 Å². The first-order chi connectivity index (χ1) is 8.22. The van der Waals surface area contributed by atoms with Gasteiger partial charge in [-0.2, -0.15) is 0 Å². The molecule has 1 fully saturated rings. The number of likely N-dealkylation sites (N-methyl/N-ethyl adjacent to an activating group) is 1. The second-order valence-corrected chi connectivity index (χ2v) is 6.28. The first-order valence-electron chi connectivity index (χ1n) is 6.27. The van der Waals surface area contributed by atoms with Crippen LogP contribution in [0.5, 0.6) is 0 Å². The van der Waals surface area contributed by atoms with Gasteiger partial charge in [-0.1, -0.05) is 45.0 Å². The van der Waals surface area contributed by atoms with Crippen LogP contribution in [0.1, 0.15) is 38.8 Å². The van der Waals surface area contributed by atoms with Crippen molar-refractivity contribution in [3.63, 3.8) is 0 Å². The number of cyclic esters (lactones) is 1. The summed E-state index contributed by atoms with van der Waals surface area (Å²) < 4.78 is 5.46. The third-order valence-corrected chi connectivity index (χ3v) is 3.52. The van der Waals surface area contributed by atoms with Gasteiger partial charge in [-0.25, -0.2) is 4.79 Å². The average Bonchev–Trinajstić information content (AvgIpc) is 2.53. The number of ether oxygens (including phenoxy) is 1. The van der Waals surface area contributed by atoms with Crippen molar-refractivity contribution in [1.29, 1.82) is 0 Å². The van der Waals surface area contributed by atoms with Crippen molar-refractivity contribution in [1.82, 2.24) is 4.90 Å². The third-order valence-electron chi connectivity index (χ3n) is 3.52. The lowest BCUT2D eigenvalue weighted by atomic mass is 9.85. The Kier molecular flexibility index (Phi) is 2.88. The minimum absolute atomic E-state index is 0.141. The molecule has 1 unspecified atom stereocenters. The van der Waals surface area contributed by atoms with Crippen LogP contribution in [0.3, 0.4) is 0 Å². The van der Waals surface area contributed by atoms with E-state index in [9.17, 15) is 4.79 Å². The normalized spacial score (nSPS) is 24.3. The molecule has 0 spiro atoms. The van der Waals surface area contributed by atoms with Crippen LogP contribution in [-0.2, 0) is 15.8 Å². The smallest absolute Gasteiger partial charge is 0.410 e. The van der Waals surface area contributed by atoms with Gasteiger partial charge >= 0.3 is 6.09 Å². The number of amides is 1. The molecule has 1 atom stereocenters. The summed E-state index contributed by atoms with van der Waals surface area (Å²) in [7, 11) is 1.76. The first kappa shape index (κ1) is 12.9. The fraction of sp³-hybridized carbons (Fsp3) is 0.533. The maximum absolute atomic E-state index is 11.5. The van der Waals surface area contributed by atoms with Gasteiger partial charge in [-0.3, -0.25) is 0 Å². The SMILES string of the molecule is CN1CC(C)(c2ccc(C(C)(C)C)cc2)OC1=O. The molecule has 0 bridgehead atoms. The van der Waals surface area contributed by atoms with Crippen molar-refractivity contribution in [3.8, 4) is 0 Å². The number of carbonyl (C=O) groups excluding carboxylic acids is 1. The summed E-state index contributed by atoms with van der Waals surface area (Å²) in [6, 6.07) is 8.36. The van der Waals surface area contributed by atoms with E-state index in [-0.39, 0.29) is 11.5 Å². The van der Waals surface area contributed by atoms with E-state index in [4.69, 9.17) is 4.74 Å². The maximum atomic E-state index is 11.5. The van der Waals surface area contributed by atoms with Gasteiger partial charge in [0, 0.05) is 7.05 Å². The minimum Gasteiger partial charge on any atom is -0.436 e. The van der Waals surface area contributed by atoms with Gasteiger partial charge in [0.15, 0.2) is 5.60 Å². The molecule has 0 radical (unpaired) electrons. The first-order valence-corrected chi connectivity index (χ1v) is 6.27. The van der Waals surface area contributed by atoms with Crippen LogP contribution in [0.4, 0.5) is 4.79 Å². The molecule has 18 heavy (non-hydrogen) atoms. The summed E-state index contributed by atoms with van der Waals surface area (Å²) in [6.07, 6.45) is -0.252. The van der Waals surface area contributed by atoms with E-state index in [2.05, 4.69) is 45.0 Å². The largest absolute Gasteiger partial charge is 0.436 e. The van der Waals surface area contributed by atoms with E-state index in [1.54, 1.807) is 11.9 Å². The lowest BCUT2D eigenvalue weighted by molar-refractivity contribution is 0.0701. The van der Waals surface area contributed by atoms with Gasteiger partial charge in [0.25, 0.3) is 0 Å². The van der Waals surface area contributed by atoms with Crippen molar-refractivity contribution in [3.05, 3.63) is 35.4 Å². The fourth-order valence-electron chi connectivity index (χ4n) is 2.29. The molecule has 1 aromatic rings. The Balaban J connectivity index is 2.28. The van der Waals surface area contributed by atoms with Crippen LogP contribution in [-0.4, -0.2) is 24.6 Å². The third kappa shape index (κ3) is 2.22. The highest BCUT2D eigenvalue weighted by molar-refractivity contribution is 5.70. The van der Waals surface area contributed by atoms with Crippen molar-refractivity contribution in [2.75, 3.05) is 13.6 Å². The molecule has 3 nitrogen and oxygen atoms in total. The summed E-state index contributed by atoms with van der Waals surface area (Å²) in [4.78, 5) is 13.1. The van der Waals surface area contributed by atoms with Crippen LogP contribution in [0.15, 0.2) is 24.3 Å². The predicted octanol–water partition coefficient (Wildman–Crippen LogP) is 3.28. The van der Waals surface area contributed by atoms with E-state index in [1.807, 2.05) is 6.92 Å². The number of benzene rings is 1. The van der Waals surface area contributed by atoms with Gasteiger partial charge in [0.1, 0.15) is 0 Å². The molecule has 0 aromatic heterocycles. The summed E-state index contributed by atoms with van der Waals surface area (Å²) in [5.41, 5.74) is 1.95. The molecular formula is C15H21NO2. The second-order valence-electron chi connectivity index (χ2n) is 6.28. The Bertz CT molecular complexity index is 458. The molecule has 0 N–H and O–H groups in total.